The molecule has 4 saturated carbocycles. The van der Waals surface area contributed by atoms with E-state index in [4.69, 9.17) is 9.15 Å². The Labute approximate surface area is 193 Å². The third-order valence-corrected chi connectivity index (χ3v) is 9.05. The van der Waals surface area contributed by atoms with Crippen molar-refractivity contribution in [3.05, 3.63) is 54.0 Å². The minimum absolute atomic E-state index is 0.0308. The molecule has 4 fully saturated rings. The molecule has 0 spiro atoms. The summed E-state index contributed by atoms with van der Waals surface area (Å²) in [6, 6.07) is 8.88. The lowest BCUT2D eigenvalue weighted by Crippen LogP contribution is -2.52. The smallest absolute Gasteiger partial charge is 0.338 e. The van der Waals surface area contributed by atoms with Gasteiger partial charge in [0.25, 0.3) is 0 Å². The summed E-state index contributed by atoms with van der Waals surface area (Å²) in [7, 11) is -3.76. The van der Waals surface area contributed by atoms with Crippen LogP contribution in [0.15, 0.2) is 52.0 Å². The number of hydrogen-bond acceptors (Lipinski definition) is 6. The molecule has 4 bridgehead atoms. The Morgan fingerprint density at radius 2 is 1.67 bits per heavy atom. The molecule has 0 amide bonds. The summed E-state index contributed by atoms with van der Waals surface area (Å²) in [5.74, 6) is 1.85. The molecule has 1 N–H and O–H groups in total. The summed E-state index contributed by atoms with van der Waals surface area (Å²) in [5, 5.41) is 0. The first kappa shape index (κ1) is 22.3. The minimum Gasteiger partial charge on any atom is -0.468 e. The van der Waals surface area contributed by atoms with Gasteiger partial charge in [0, 0.05) is 5.41 Å². The number of carbonyl (C=O) groups is 2. The predicted octanol–water partition coefficient (Wildman–Crippen LogP) is 4.09. The van der Waals surface area contributed by atoms with Crippen LogP contribution in [0, 0.1) is 23.2 Å². The SMILES string of the molecule is C[C@@H](OC(=O)c1ccc(S(=O)(=O)NCc2ccco2)cc1)C(=O)C12CC3CC(CC(C3)C1)C2. The largest absolute Gasteiger partial charge is 0.468 e. The summed E-state index contributed by atoms with van der Waals surface area (Å²) in [5.41, 5.74) is -0.114. The molecule has 176 valence electrons. The van der Waals surface area contributed by atoms with Gasteiger partial charge in [0.2, 0.25) is 10.0 Å². The first-order chi connectivity index (χ1) is 15.7. The second-order valence-corrected chi connectivity index (χ2v) is 11.8. The number of ketones is 1. The van der Waals surface area contributed by atoms with Gasteiger partial charge >= 0.3 is 5.97 Å². The van der Waals surface area contributed by atoms with E-state index in [0.717, 1.165) is 19.3 Å². The Morgan fingerprint density at radius 3 is 2.21 bits per heavy atom. The lowest BCUT2D eigenvalue weighted by molar-refractivity contribution is -0.152. The molecule has 7 nitrogen and oxygen atoms in total. The van der Waals surface area contributed by atoms with Crippen LogP contribution in [0.4, 0.5) is 0 Å². The summed E-state index contributed by atoms with van der Waals surface area (Å²) in [6.07, 6.45) is 7.17. The Kier molecular flexibility index (Phi) is 5.69. The molecule has 0 unspecified atom stereocenters. The number of benzene rings is 1. The van der Waals surface area contributed by atoms with E-state index in [9.17, 15) is 18.0 Å². The zero-order chi connectivity index (χ0) is 23.2. The summed E-state index contributed by atoms with van der Waals surface area (Å²) < 4.78 is 38.1. The minimum atomic E-state index is -3.76. The topological polar surface area (TPSA) is 103 Å². The van der Waals surface area contributed by atoms with Crippen LogP contribution in [0.25, 0.3) is 0 Å². The Morgan fingerprint density at radius 1 is 1.06 bits per heavy atom. The number of carbonyl (C=O) groups excluding carboxylic acids is 2. The van der Waals surface area contributed by atoms with Crippen molar-refractivity contribution in [3.8, 4) is 0 Å². The fourth-order valence-corrected chi connectivity index (χ4v) is 7.55. The van der Waals surface area contributed by atoms with E-state index in [2.05, 4.69) is 4.72 Å². The molecule has 0 radical (unpaired) electrons. The molecule has 0 aliphatic heterocycles. The van der Waals surface area contributed by atoms with Crippen LogP contribution in [0.1, 0.15) is 61.6 Å². The standard InChI is InChI=1S/C25H29NO6S/c1-16(23(27)25-12-17-9-18(13-25)11-19(10-17)14-25)32-24(28)20-4-6-22(7-5-20)33(29,30)26-15-21-3-2-8-31-21/h2-8,16-19,26H,9-15H2,1H3/t16-,17?,18?,19?,25?/m1/s1. The summed E-state index contributed by atoms with van der Waals surface area (Å²) in [6.45, 7) is 1.69. The van der Waals surface area contributed by atoms with Crippen LogP contribution in [0.2, 0.25) is 0 Å². The van der Waals surface area contributed by atoms with Crippen LogP contribution in [0.3, 0.4) is 0 Å². The fourth-order valence-electron chi connectivity index (χ4n) is 6.56. The second kappa shape index (κ2) is 8.40. The molecular weight excluding hydrogens is 442 g/mol. The van der Waals surface area contributed by atoms with Crippen molar-refractivity contribution in [3.63, 3.8) is 0 Å². The number of nitrogens with one attached hydrogen (secondary N) is 1. The van der Waals surface area contributed by atoms with Gasteiger partial charge < -0.3 is 9.15 Å². The number of rotatable bonds is 8. The van der Waals surface area contributed by atoms with Crippen LogP contribution in [-0.2, 0) is 26.1 Å². The summed E-state index contributed by atoms with van der Waals surface area (Å²) in [4.78, 5) is 26.1. The number of furan rings is 1. The van der Waals surface area contributed by atoms with Crippen LogP contribution >= 0.6 is 0 Å². The van der Waals surface area contributed by atoms with Crippen molar-refractivity contribution in [2.24, 2.45) is 23.2 Å². The van der Waals surface area contributed by atoms with Crippen molar-refractivity contribution < 1.29 is 27.2 Å². The van der Waals surface area contributed by atoms with E-state index in [1.807, 2.05) is 0 Å². The van der Waals surface area contributed by atoms with Gasteiger partial charge in [-0.2, -0.15) is 0 Å². The quantitative estimate of drug-likeness (QED) is 0.582. The monoisotopic (exact) mass is 471 g/mol. The van der Waals surface area contributed by atoms with Gasteiger partial charge in [-0.3, -0.25) is 4.79 Å². The maximum absolute atomic E-state index is 13.3. The van der Waals surface area contributed by atoms with E-state index in [0.29, 0.717) is 23.5 Å². The molecule has 1 atom stereocenters. The van der Waals surface area contributed by atoms with Gasteiger partial charge in [0.15, 0.2) is 11.9 Å². The Hall–Kier alpha value is -2.45. The van der Waals surface area contributed by atoms with E-state index < -0.39 is 22.1 Å². The lowest BCUT2D eigenvalue weighted by Gasteiger charge is -2.56. The average Bonchev–Trinajstić information content (AvgIpc) is 3.30. The van der Waals surface area contributed by atoms with Gasteiger partial charge in [-0.05, 0) is 99.6 Å². The molecular formula is C25H29NO6S. The Balaban J connectivity index is 1.21. The fraction of sp³-hybridized carbons (Fsp3) is 0.520. The van der Waals surface area contributed by atoms with Crippen molar-refractivity contribution in [2.75, 3.05) is 0 Å². The average molecular weight is 472 g/mol. The van der Waals surface area contributed by atoms with Gasteiger partial charge in [0.1, 0.15) is 5.76 Å². The third-order valence-electron chi connectivity index (χ3n) is 7.63. The van der Waals surface area contributed by atoms with E-state index in [-0.39, 0.29) is 28.2 Å². The number of esters is 1. The van der Waals surface area contributed by atoms with E-state index in [1.54, 1.807) is 19.1 Å². The normalized spacial score (nSPS) is 29.1. The zero-order valence-corrected chi connectivity index (χ0v) is 19.5. The van der Waals surface area contributed by atoms with Crippen molar-refractivity contribution >= 4 is 21.8 Å². The van der Waals surface area contributed by atoms with Gasteiger partial charge in [-0.1, -0.05) is 0 Å². The first-order valence-electron chi connectivity index (χ1n) is 11.6. The van der Waals surface area contributed by atoms with Gasteiger partial charge in [0.05, 0.1) is 23.3 Å². The number of ether oxygens (including phenoxy) is 1. The van der Waals surface area contributed by atoms with Crippen molar-refractivity contribution in [2.45, 2.75) is 63.0 Å². The highest BCUT2D eigenvalue weighted by atomic mass is 32.2. The van der Waals surface area contributed by atoms with Gasteiger partial charge in [-0.25, -0.2) is 17.9 Å². The first-order valence-corrected chi connectivity index (χ1v) is 13.1. The lowest BCUT2D eigenvalue weighted by atomic mass is 9.48. The molecule has 1 aromatic carbocycles. The van der Waals surface area contributed by atoms with Crippen LogP contribution in [0.5, 0.6) is 0 Å². The highest BCUT2D eigenvalue weighted by Gasteiger charge is 2.55. The van der Waals surface area contributed by atoms with Crippen molar-refractivity contribution in [1.29, 1.82) is 0 Å². The van der Waals surface area contributed by atoms with Crippen LogP contribution in [-0.4, -0.2) is 26.3 Å². The van der Waals surface area contributed by atoms with Crippen LogP contribution < -0.4 is 4.72 Å². The van der Waals surface area contributed by atoms with Crippen molar-refractivity contribution in [1.82, 2.24) is 4.72 Å². The van der Waals surface area contributed by atoms with Gasteiger partial charge in [-0.15, -0.1) is 0 Å². The summed E-state index contributed by atoms with van der Waals surface area (Å²) >= 11 is 0. The highest BCUT2D eigenvalue weighted by Crippen LogP contribution is 2.60. The molecule has 33 heavy (non-hydrogen) atoms. The number of sulfonamides is 1. The molecule has 4 aliphatic rings. The number of Topliss-reactive ketones (excluding diaryl/α,β-unsaturated/α-hetero) is 1. The zero-order valence-electron chi connectivity index (χ0n) is 18.7. The maximum Gasteiger partial charge on any atom is 0.338 e. The molecule has 1 heterocycles. The maximum atomic E-state index is 13.3. The molecule has 4 aliphatic carbocycles. The predicted molar refractivity (Wildman–Crippen MR) is 120 cm³/mol. The third kappa shape index (κ3) is 4.38. The number of hydrogen-bond donors (Lipinski definition) is 1. The molecule has 2 aromatic rings. The highest BCUT2D eigenvalue weighted by molar-refractivity contribution is 7.89. The molecule has 8 heteroatoms. The molecule has 0 saturated heterocycles. The molecule has 6 rings (SSSR count). The second-order valence-electron chi connectivity index (χ2n) is 10.0. The Bertz CT molecular complexity index is 1100. The molecule has 1 aromatic heterocycles. The van der Waals surface area contributed by atoms with E-state index >= 15 is 0 Å². The van der Waals surface area contributed by atoms with E-state index in [1.165, 1.54) is 49.8 Å².